The van der Waals surface area contributed by atoms with Crippen LogP contribution in [0.1, 0.15) is 23.3 Å². The number of anilines is 1. The molecule has 1 fully saturated rings. The second-order valence-electron chi connectivity index (χ2n) is 3.73. The summed E-state index contributed by atoms with van der Waals surface area (Å²) in [6.45, 7) is 1.57. The van der Waals surface area contributed by atoms with Crippen LogP contribution in [0.15, 0.2) is 5.38 Å². The minimum atomic E-state index is -0.403. The summed E-state index contributed by atoms with van der Waals surface area (Å²) in [4.78, 5) is 17.5. The van der Waals surface area contributed by atoms with Crippen LogP contribution in [0.25, 0.3) is 0 Å². The largest absolute Gasteiger partial charge is 0.464 e. The molecule has 1 aromatic rings. The Hall–Kier alpha value is -1.14. The van der Waals surface area contributed by atoms with E-state index in [-0.39, 0.29) is 6.10 Å². The highest BCUT2D eigenvalue weighted by molar-refractivity contribution is 7.13. The summed E-state index contributed by atoms with van der Waals surface area (Å²) in [6.07, 6.45) is 1.32. The molecule has 1 aromatic heterocycles. The van der Waals surface area contributed by atoms with Crippen molar-refractivity contribution in [2.75, 3.05) is 25.1 Å². The number of thiazole rings is 1. The van der Waals surface area contributed by atoms with Gasteiger partial charge in [0.25, 0.3) is 0 Å². The normalized spacial score (nSPS) is 17.5. The van der Waals surface area contributed by atoms with Crippen molar-refractivity contribution >= 4 is 22.4 Å². The maximum absolute atomic E-state index is 11.2. The van der Waals surface area contributed by atoms with Crippen LogP contribution in [-0.2, 0) is 4.74 Å². The first-order valence-corrected chi connectivity index (χ1v) is 6.05. The van der Waals surface area contributed by atoms with Gasteiger partial charge in [-0.05, 0) is 12.8 Å². The molecule has 6 heteroatoms. The van der Waals surface area contributed by atoms with Crippen molar-refractivity contribution in [1.29, 1.82) is 0 Å². The van der Waals surface area contributed by atoms with Crippen molar-refractivity contribution in [2.24, 2.45) is 0 Å². The molecule has 1 aliphatic heterocycles. The molecule has 1 N–H and O–H groups in total. The van der Waals surface area contributed by atoms with Gasteiger partial charge < -0.3 is 14.7 Å². The Kier molecular flexibility index (Phi) is 3.40. The SMILES string of the molecule is COC(=O)c1csc(N2CCC(O)CC2)n1. The van der Waals surface area contributed by atoms with Gasteiger partial charge in [-0.3, -0.25) is 0 Å². The van der Waals surface area contributed by atoms with E-state index >= 15 is 0 Å². The summed E-state index contributed by atoms with van der Waals surface area (Å²) in [5, 5.41) is 11.9. The number of nitrogens with zero attached hydrogens (tertiary/aromatic N) is 2. The molecule has 0 unspecified atom stereocenters. The number of carbonyl (C=O) groups excluding carboxylic acids is 1. The molecule has 0 aliphatic carbocycles. The molecule has 5 nitrogen and oxygen atoms in total. The average molecular weight is 242 g/mol. The second-order valence-corrected chi connectivity index (χ2v) is 4.56. The monoisotopic (exact) mass is 242 g/mol. The molecule has 0 atom stereocenters. The summed E-state index contributed by atoms with van der Waals surface area (Å²) in [6, 6.07) is 0. The highest BCUT2D eigenvalue weighted by Gasteiger charge is 2.20. The second kappa shape index (κ2) is 4.80. The van der Waals surface area contributed by atoms with Crippen LogP contribution in [0.5, 0.6) is 0 Å². The van der Waals surface area contributed by atoms with Gasteiger partial charge in [0.2, 0.25) is 0 Å². The molecule has 1 saturated heterocycles. The number of carbonyl (C=O) groups is 1. The lowest BCUT2D eigenvalue weighted by Crippen LogP contribution is -2.35. The molecule has 0 bridgehead atoms. The third-order valence-corrected chi connectivity index (χ3v) is 3.52. The van der Waals surface area contributed by atoms with Gasteiger partial charge in [-0.15, -0.1) is 11.3 Å². The molecule has 0 spiro atoms. The first kappa shape index (κ1) is 11.3. The lowest BCUT2D eigenvalue weighted by atomic mass is 10.1. The molecule has 2 rings (SSSR count). The van der Waals surface area contributed by atoms with E-state index in [2.05, 4.69) is 14.6 Å². The van der Waals surface area contributed by atoms with Crippen molar-refractivity contribution in [3.8, 4) is 0 Å². The number of aromatic nitrogens is 1. The van der Waals surface area contributed by atoms with Crippen LogP contribution < -0.4 is 4.90 Å². The Balaban J connectivity index is 2.04. The van der Waals surface area contributed by atoms with E-state index in [1.54, 1.807) is 5.38 Å². The summed E-state index contributed by atoms with van der Waals surface area (Å²) in [5.41, 5.74) is 0.355. The third-order valence-electron chi connectivity index (χ3n) is 2.62. The standard InChI is InChI=1S/C10H14N2O3S/c1-15-9(14)8-6-16-10(11-8)12-4-2-7(13)3-5-12/h6-7,13H,2-5H2,1H3. The molecule has 0 radical (unpaired) electrons. The van der Waals surface area contributed by atoms with E-state index in [1.807, 2.05) is 0 Å². The number of rotatable bonds is 2. The minimum Gasteiger partial charge on any atom is -0.464 e. The third kappa shape index (κ3) is 2.33. The van der Waals surface area contributed by atoms with E-state index in [1.165, 1.54) is 18.4 Å². The quantitative estimate of drug-likeness (QED) is 0.780. The van der Waals surface area contributed by atoms with Gasteiger partial charge in [-0.2, -0.15) is 0 Å². The van der Waals surface area contributed by atoms with E-state index in [0.29, 0.717) is 5.69 Å². The number of hydrogen-bond acceptors (Lipinski definition) is 6. The van der Waals surface area contributed by atoms with Gasteiger partial charge in [0.15, 0.2) is 10.8 Å². The van der Waals surface area contributed by atoms with Crippen molar-refractivity contribution < 1.29 is 14.6 Å². The minimum absolute atomic E-state index is 0.198. The van der Waals surface area contributed by atoms with Crippen LogP contribution >= 0.6 is 11.3 Å². The Labute approximate surface area is 97.7 Å². The molecular weight excluding hydrogens is 228 g/mol. The number of methoxy groups -OCH3 is 1. The van der Waals surface area contributed by atoms with E-state index in [0.717, 1.165) is 31.1 Å². The highest BCUT2D eigenvalue weighted by Crippen LogP contribution is 2.24. The lowest BCUT2D eigenvalue weighted by molar-refractivity contribution is 0.0595. The van der Waals surface area contributed by atoms with Gasteiger partial charge >= 0.3 is 5.97 Å². The lowest BCUT2D eigenvalue weighted by Gasteiger charge is -2.28. The molecule has 0 saturated carbocycles. The van der Waals surface area contributed by atoms with Gasteiger partial charge in [0, 0.05) is 18.5 Å². The number of hydrogen-bond donors (Lipinski definition) is 1. The molecule has 0 amide bonds. The van der Waals surface area contributed by atoms with Crippen molar-refractivity contribution in [3.05, 3.63) is 11.1 Å². The van der Waals surface area contributed by atoms with Gasteiger partial charge in [0.05, 0.1) is 13.2 Å². The van der Waals surface area contributed by atoms with Crippen LogP contribution in [0.4, 0.5) is 5.13 Å². The van der Waals surface area contributed by atoms with Crippen LogP contribution in [0.2, 0.25) is 0 Å². The fraction of sp³-hybridized carbons (Fsp3) is 0.600. The molecule has 16 heavy (non-hydrogen) atoms. The van der Waals surface area contributed by atoms with Gasteiger partial charge in [0.1, 0.15) is 0 Å². The maximum Gasteiger partial charge on any atom is 0.357 e. The number of esters is 1. The fourth-order valence-electron chi connectivity index (χ4n) is 1.66. The summed E-state index contributed by atoms with van der Waals surface area (Å²) < 4.78 is 4.60. The smallest absolute Gasteiger partial charge is 0.357 e. The summed E-state index contributed by atoms with van der Waals surface area (Å²) in [5.74, 6) is -0.403. The fourth-order valence-corrected chi connectivity index (χ4v) is 2.51. The predicted octanol–water partition coefficient (Wildman–Crippen LogP) is 0.891. The predicted molar refractivity (Wildman–Crippen MR) is 60.9 cm³/mol. The maximum atomic E-state index is 11.2. The Morgan fingerprint density at radius 1 is 1.62 bits per heavy atom. The molecule has 0 aromatic carbocycles. The number of piperidine rings is 1. The Bertz CT molecular complexity index is 372. The number of ether oxygens (including phenoxy) is 1. The Morgan fingerprint density at radius 2 is 2.31 bits per heavy atom. The van der Waals surface area contributed by atoms with E-state index < -0.39 is 5.97 Å². The Morgan fingerprint density at radius 3 is 2.94 bits per heavy atom. The molecule has 2 heterocycles. The highest BCUT2D eigenvalue weighted by atomic mass is 32.1. The van der Waals surface area contributed by atoms with Gasteiger partial charge in [-0.25, -0.2) is 9.78 Å². The first-order chi connectivity index (χ1) is 7.70. The molecular formula is C10H14N2O3S. The topological polar surface area (TPSA) is 62.7 Å². The zero-order valence-electron chi connectivity index (χ0n) is 9.05. The van der Waals surface area contributed by atoms with Gasteiger partial charge in [-0.1, -0.05) is 0 Å². The van der Waals surface area contributed by atoms with E-state index in [4.69, 9.17) is 0 Å². The van der Waals surface area contributed by atoms with Crippen LogP contribution in [-0.4, -0.2) is 42.4 Å². The number of aliphatic hydroxyl groups is 1. The summed E-state index contributed by atoms with van der Waals surface area (Å²) >= 11 is 1.43. The zero-order valence-corrected chi connectivity index (χ0v) is 9.87. The van der Waals surface area contributed by atoms with Crippen molar-refractivity contribution in [3.63, 3.8) is 0 Å². The molecule has 88 valence electrons. The van der Waals surface area contributed by atoms with Crippen molar-refractivity contribution in [1.82, 2.24) is 4.98 Å². The van der Waals surface area contributed by atoms with Crippen molar-refractivity contribution in [2.45, 2.75) is 18.9 Å². The zero-order chi connectivity index (χ0) is 11.5. The van der Waals surface area contributed by atoms with Crippen LogP contribution in [0, 0.1) is 0 Å². The summed E-state index contributed by atoms with van der Waals surface area (Å²) in [7, 11) is 1.35. The average Bonchev–Trinajstić information content (AvgIpc) is 2.78. The van der Waals surface area contributed by atoms with Crippen LogP contribution in [0.3, 0.4) is 0 Å². The van der Waals surface area contributed by atoms with E-state index in [9.17, 15) is 9.90 Å². The first-order valence-electron chi connectivity index (χ1n) is 5.17. The number of aliphatic hydroxyl groups excluding tert-OH is 1. The molecule has 1 aliphatic rings.